The summed E-state index contributed by atoms with van der Waals surface area (Å²) in [7, 11) is 1.88. The van der Waals surface area contributed by atoms with Crippen LogP contribution in [0.3, 0.4) is 0 Å². The Hall–Kier alpha value is -1.39. The normalized spacial score (nSPS) is 11.2. The van der Waals surface area contributed by atoms with E-state index in [0.717, 1.165) is 17.1 Å². The van der Waals surface area contributed by atoms with E-state index < -0.39 is 0 Å². The van der Waals surface area contributed by atoms with Crippen molar-refractivity contribution in [2.75, 3.05) is 7.05 Å². The lowest BCUT2D eigenvalue weighted by atomic mass is 10.2. The quantitative estimate of drug-likeness (QED) is 0.923. The molecule has 0 saturated heterocycles. The third-order valence-corrected chi connectivity index (χ3v) is 3.06. The number of halogens is 1. The van der Waals surface area contributed by atoms with Crippen molar-refractivity contribution in [3.05, 3.63) is 35.1 Å². The van der Waals surface area contributed by atoms with Crippen LogP contribution in [0.25, 0.3) is 11.4 Å². The Morgan fingerprint density at radius 3 is 2.72 bits per heavy atom. The maximum absolute atomic E-state index is 6.42. The molecule has 0 spiro atoms. The van der Waals surface area contributed by atoms with Gasteiger partial charge in [0, 0.05) is 18.8 Å². The maximum Gasteiger partial charge on any atom is 0.106 e. The Bertz CT molecular complexity index is 519. The van der Waals surface area contributed by atoms with Crippen molar-refractivity contribution in [1.29, 1.82) is 0 Å². The molecule has 1 N–H and O–H groups in total. The Balaban J connectivity index is 2.57. The monoisotopic (exact) mass is 264 g/mol. The summed E-state index contributed by atoms with van der Waals surface area (Å²) >= 11 is 6.42. The van der Waals surface area contributed by atoms with E-state index in [4.69, 9.17) is 11.6 Å². The second-order valence-corrected chi connectivity index (χ2v) is 4.77. The van der Waals surface area contributed by atoms with Crippen molar-refractivity contribution >= 4 is 11.6 Å². The van der Waals surface area contributed by atoms with Crippen molar-refractivity contribution in [2.24, 2.45) is 0 Å². The molecule has 0 aliphatic heterocycles. The third-order valence-electron chi connectivity index (χ3n) is 2.66. The van der Waals surface area contributed by atoms with Gasteiger partial charge in [0.1, 0.15) is 5.69 Å². The van der Waals surface area contributed by atoms with Gasteiger partial charge in [0.25, 0.3) is 0 Å². The molecule has 18 heavy (non-hydrogen) atoms. The van der Waals surface area contributed by atoms with Gasteiger partial charge in [-0.05, 0) is 33.0 Å². The largest absolute Gasteiger partial charge is 0.314 e. The van der Waals surface area contributed by atoms with Crippen LogP contribution in [0.2, 0.25) is 5.02 Å². The lowest BCUT2D eigenvalue weighted by Crippen LogP contribution is -2.08. The zero-order valence-corrected chi connectivity index (χ0v) is 11.6. The molecule has 0 aliphatic rings. The molecule has 0 aliphatic carbocycles. The highest BCUT2D eigenvalue weighted by Gasteiger charge is 2.19. The van der Waals surface area contributed by atoms with Crippen LogP contribution >= 0.6 is 11.6 Å². The van der Waals surface area contributed by atoms with Gasteiger partial charge in [0.15, 0.2) is 0 Å². The predicted octanol–water partition coefficient (Wildman–Crippen LogP) is 2.90. The van der Waals surface area contributed by atoms with Crippen LogP contribution in [-0.2, 0) is 6.54 Å². The van der Waals surface area contributed by atoms with Crippen LogP contribution in [0.15, 0.2) is 24.4 Å². The summed E-state index contributed by atoms with van der Waals surface area (Å²) in [4.78, 5) is 4.36. The van der Waals surface area contributed by atoms with E-state index in [2.05, 4.69) is 29.2 Å². The van der Waals surface area contributed by atoms with Crippen molar-refractivity contribution < 1.29 is 0 Å². The van der Waals surface area contributed by atoms with Gasteiger partial charge in [-0.1, -0.05) is 17.7 Å². The van der Waals surface area contributed by atoms with E-state index in [1.165, 1.54) is 0 Å². The smallest absolute Gasteiger partial charge is 0.106 e. The number of hydrogen-bond acceptors (Lipinski definition) is 3. The fraction of sp³-hybridized carbons (Fsp3) is 0.385. The second kappa shape index (κ2) is 5.50. The molecule has 0 bridgehead atoms. The molecule has 4 nitrogen and oxygen atoms in total. The van der Waals surface area contributed by atoms with Crippen LogP contribution in [0.1, 0.15) is 25.6 Å². The highest BCUT2D eigenvalue weighted by molar-refractivity contribution is 6.33. The molecule has 0 unspecified atom stereocenters. The summed E-state index contributed by atoms with van der Waals surface area (Å²) in [6.07, 6.45) is 1.76. The molecule has 0 fully saturated rings. The molecular weight excluding hydrogens is 248 g/mol. The van der Waals surface area contributed by atoms with E-state index in [1.807, 2.05) is 29.9 Å². The molecule has 0 atom stereocenters. The van der Waals surface area contributed by atoms with Crippen molar-refractivity contribution in [1.82, 2.24) is 20.1 Å². The fourth-order valence-electron chi connectivity index (χ4n) is 1.85. The summed E-state index contributed by atoms with van der Waals surface area (Å²) in [5.74, 6) is 0. The molecule has 2 aromatic rings. The topological polar surface area (TPSA) is 42.7 Å². The zero-order chi connectivity index (χ0) is 13.1. The fourth-order valence-corrected chi connectivity index (χ4v) is 2.14. The summed E-state index contributed by atoms with van der Waals surface area (Å²) in [6.45, 7) is 4.82. The Morgan fingerprint density at radius 1 is 1.39 bits per heavy atom. The molecule has 96 valence electrons. The summed E-state index contributed by atoms with van der Waals surface area (Å²) in [5.41, 5.74) is 2.59. The summed E-state index contributed by atoms with van der Waals surface area (Å²) < 4.78 is 1.93. The molecular formula is C13H17ClN4. The van der Waals surface area contributed by atoms with Crippen LogP contribution in [0.5, 0.6) is 0 Å². The number of nitrogens with zero attached hydrogens (tertiary/aromatic N) is 3. The number of hydrogen-bond donors (Lipinski definition) is 1. The standard InChI is InChI=1S/C13H17ClN4/c1-9(2)18-13(10-6-4-5-7-16-10)12(14)11(17-18)8-15-3/h4-7,9,15H,8H2,1-3H3. The van der Waals surface area contributed by atoms with Gasteiger partial charge in [-0.3, -0.25) is 9.67 Å². The van der Waals surface area contributed by atoms with Crippen LogP contribution in [0, 0.1) is 0 Å². The van der Waals surface area contributed by atoms with E-state index in [1.54, 1.807) is 6.20 Å². The average molecular weight is 265 g/mol. The van der Waals surface area contributed by atoms with Crippen LogP contribution in [-0.4, -0.2) is 21.8 Å². The zero-order valence-electron chi connectivity index (χ0n) is 10.8. The summed E-state index contributed by atoms with van der Waals surface area (Å²) in [6, 6.07) is 6.03. The van der Waals surface area contributed by atoms with Crippen molar-refractivity contribution in [3.8, 4) is 11.4 Å². The minimum Gasteiger partial charge on any atom is -0.314 e. The average Bonchev–Trinajstić information content (AvgIpc) is 2.69. The number of nitrogens with one attached hydrogen (secondary N) is 1. The van der Waals surface area contributed by atoms with Crippen molar-refractivity contribution in [2.45, 2.75) is 26.4 Å². The minimum atomic E-state index is 0.241. The molecule has 2 rings (SSSR count). The van der Waals surface area contributed by atoms with Gasteiger partial charge in [0.05, 0.1) is 16.4 Å². The molecule has 0 amide bonds. The van der Waals surface area contributed by atoms with Crippen LogP contribution < -0.4 is 5.32 Å². The molecule has 0 aromatic carbocycles. The van der Waals surface area contributed by atoms with Gasteiger partial charge in [-0.15, -0.1) is 0 Å². The lowest BCUT2D eigenvalue weighted by molar-refractivity contribution is 0.529. The van der Waals surface area contributed by atoms with Gasteiger partial charge >= 0.3 is 0 Å². The highest BCUT2D eigenvalue weighted by Crippen LogP contribution is 2.31. The molecule has 2 aromatic heterocycles. The SMILES string of the molecule is CNCc1nn(C(C)C)c(-c2ccccn2)c1Cl. The van der Waals surface area contributed by atoms with Gasteiger partial charge in [0.2, 0.25) is 0 Å². The van der Waals surface area contributed by atoms with Crippen LogP contribution in [0.4, 0.5) is 0 Å². The second-order valence-electron chi connectivity index (χ2n) is 4.39. The first-order valence-electron chi connectivity index (χ1n) is 5.98. The predicted molar refractivity (Wildman–Crippen MR) is 73.6 cm³/mol. The lowest BCUT2D eigenvalue weighted by Gasteiger charge is -2.10. The van der Waals surface area contributed by atoms with Gasteiger partial charge in [-0.25, -0.2) is 0 Å². The maximum atomic E-state index is 6.42. The number of pyridine rings is 1. The molecule has 2 heterocycles. The number of aromatic nitrogens is 3. The van der Waals surface area contributed by atoms with Crippen molar-refractivity contribution in [3.63, 3.8) is 0 Å². The third kappa shape index (κ3) is 2.40. The van der Waals surface area contributed by atoms with Gasteiger partial charge in [-0.2, -0.15) is 5.10 Å². The Kier molecular flexibility index (Phi) is 3.99. The van der Waals surface area contributed by atoms with E-state index in [9.17, 15) is 0 Å². The highest BCUT2D eigenvalue weighted by atomic mass is 35.5. The summed E-state index contributed by atoms with van der Waals surface area (Å²) in [5, 5.41) is 8.31. The Labute approximate surface area is 112 Å². The molecule has 0 saturated carbocycles. The first kappa shape index (κ1) is 13.1. The molecule has 0 radical (unpaired) electrons. The van der Waals surface area contributed by atoms with E-state index in [0.29, 0.717) is 11.6 Å². The van der Waals surface area contributed by atoms with E-state index >= 15 is 0 Å². The first-order chi connectivity index (χ1) is 8.65. The molecule has 5 heteroatoms. The van der Waals surface area contributed by atoms with E-state index in [-0.39, 0.29) is 6.04 Å². The first-order valence-corrected chi connectivity index (χ1v) is 6.35. The van der Waals surface area contributed by atoms with Gasteiger partial charge < -0.3 is 5.32 Å². The Morgan fingerprint density at radius 2 is 2.17 bits per heavy atom. The minimum absolute atomic E-state index is 0.241. The number of rotatable bonds is 4.